The van der Waals surface area contributed by atoms with Gasteiger partial charge in [0.15, 0.2) is 0 Å². The summed E-state index contributed by atoms with van der Waals surface area (Å²) in [6.45, 7) is 8.68. The van der Waals surface area contributed by atoms with Crippen molar-refractivity contribution in [2.24, 2.45) is 0 Å². The van der Waals surface area contributed by atoms with Crippen molar-refractivity contribution in [1.82, 2.24) is 10.2 Å². The van der Waals surface area contributed by atoms with E-state index in [1.807, 2.05) is 32.0 Å². The number of nitrogens with zero attached hydrogens (tertiary/aromatic N) is 2. The number of sulfonamides is 1. The van der Waals surface area contributed by atoms with E-state index in [-0.39, 0.29) is 12.5 Å². The van der Waals surface area contributed by atoms with Crippen LogP contribution in [-0.4, -0.2) is 64.9 Å². The maximum atomic E-state index is 12.5. The lowest BCUT2D eigenvalue weighted by molar-refractivity contribution is 0.0383. The average Bonchev–Trinajstić information content (AvgIpc) is 2.74. The number of morpholine rings is 1. The number of amides is 1. The summed E-state index contributed by atoms with van der Waals surface area (Å²) in [4.78, 5) is 14.7. The van der Waals surface area contributed by atoms with Crippen LogP contribution in [0.1, 0.15) is 27.0 Å². The molecule has 7 nitrogen and oxygen atoms in total. The molecule has 1 aliphatic rings. The zero-order valence-electron chi connectivity index (χ0n) is 18.4. The molecule has 0 bridgehead atoms. The van der Waals surface area contributed by atoms with Gasteiger partial charge in [0.2, 0.25) is 10.0 Å². The van der Waals surface area contributed by atoms with Gasteiger partial charge in [-0.15, -0.1) is 0 Å². The second kappa shape index (κ2) is 10.3. The molecule has 0 atom stereocenters. The summed E-state index contributed by atoms with van der Waals surface area (Å²) in [5.74, 6) is -0.130. The van der Waals surface area contributed by atoms with Gasteiger partial charge in [-0.05, 0) is 48.7 Å². The molecule has 31 heavy (non-hydrogen) atoms. The van der Waals surface area contributed by atoms with Crippen molar-refractivity contribution in [3.63, 3.8) is 0 Å². The lowest BCUT2D eigenvalue weighted by atomic mass is 10.1. The third-order valence-electron chi connectivity index (χ3n) is 5.39. The molecule has 2 aromatic rings. The number of hydrogen-bond donors (Lipinski definition) is 1. The van der Waals surface area contributed by atoms with E-state index < -0.39 is 10.0 Å². The van der Waals surface area contributed by atoms with Crippen LogP contribution in [0.5, 0.6) is 0 Å². The molecule has 3 rings (SSSR count). The van der Waals surface area contributed by atoms with Crippen molar-refractivity contribution in [3.05, 3.63) is 64.7 Å². The molecule has 1 heterocycles. The quantitative estimate of drug-likeness (QED) is 0.675. The summed E-state index contributed by atoms with van der Waals surface area (Å²) in [6.07, 6.45) is 1.21. The number of nitrogens with one attached hydrogen (secondary N) is 1. The van der Waals surface area contributed by atoms with E-state index in [0.29, 0.717) is 17.8 Å². The van der Waals surface area contributed by atoms with Crippen molar-refractivity contribution < 1.29 is 17.9 Å². The maximum Gasteiger partial charge on any atom is 0.251 e. The number of benzene rings is 2. The summed E-state index contributed by atoms with van der Waals surface area (Å²) >= 11 is 0. The Morgan fingerprint density at radius 3 is 2.42 bits per heavy atom. The predicted molar refractivity (Wildman–Crippen MR) is 123 cm³/mol. The maximum absolute atomic E-state index is 12.5. The Kier molecular flexibility index (Phi) is 7.69. The van der Waals surface area contributed by atoms with Crippen molar-refractivity contribution in [2.75, 3.05) is 50.0 Å². The minimum Gasteiger partial charge on any atom is -0.379 e. The molecule has 8 heteroatoms. The van der Waals surface area contributed by atoms with E-state index in [2.05, 4.69) is 10.2 Å². The molecule has 0 unspecified atom stereocenters. The SMILES string of the molecule is Cc1ccc(C)c(N(Cc2ccc(C(=O)NCCN3CCOCC3)cc2)S(C)(=O)=O)c1. The fraction of sp³-hybridized carbons (Fsp3) is 0.435. The molecule has 0 radical (unpaired) electrons. The van der Waals surface area contributed by atoms with Gasteiger partial charge < -0.3 is 10.1 Å². The van der Waals surface area contributed by atoms with Gasteiger partial charge in [0, 0.05) is 31.7 Å². The van der Waals surface area contributed by atoms with E-state index in [9.17, 15) is 13.2 Å². The fourth-order valence-corrected chi connectivity index (χ4v) is 4.49. The van der Waals surface area contributed by atoms with E-state index in [4.69, 9.17) is 4.74 Å². The first-order valence-electron chi connectivity index (χ1n) is 10.5. The van der Waals surface area contributed by atoms with Crippen LogP contribution in [0, 0.1) is 13.8 Å². The summed E-state index contributed by atoms with van der Waals surface area (Å²) in [5.41, 5.74) is 3.94. The highest BCUT2D eigenvalue weighted by Gasteiger charge is 2.20. The first kappa shape index (κ1) is 23.2. The Labute approximate surface area is 185 Å². The van der Waals surface area contributed by atoms with Crippen molar-refractivity contribution in [2.45, 2.75) is 20.4 Å². The van der Waals surface area contributed by atoms with Gasteiger partial charge >= 0.3 is 0 Å². The van der Waals surface area contributed by atoms with Gasteiger partial charge in [-0.3, -0.25) is 14.0 Å². The summed E-state index contributed by atoms with van der Waals surface area (Å²) < 4.78 is 31.7. The van der Waals surface area contributed by atoms with Crippen LogP contribution < -0.4 is 9.62 Å². The lowest BCUT2D eigenvalue weighted by Crippen LogP contribution is -2.41. The molecule has 1 amide bonds. The Balaban J connectivity index is 1.64. The minimum absolute atomic E-state index is 0.130. The van der Waals surface area contributed by atoms with E-state index in [1.54, 1.807) is 24.3 Å². The molecule has 0 aromatic heterocycles. The number of carbonyl (C=O) groups excluding carboxylic acids is 1. The molecular formula is C23H31N3O4S. The molecule has 1 N–H and O–H groups in total. The zero-order chi connectivity index (χ0) is 22.4. The third-order valence-corrected chi connectivity index (χ3v) is 6.52. The molecule has 2 aromatic carbocycles. The van der Waals surface area contributed by atoms with Crippen molar-refractivity contribution in [3.8, 4) is 0 Å². The Hall–Kier alpha value is -2.42. The van der Waals surface area contributed by atoms with Gasteiger partial charge in [0.1, 0.15) is 0 Å². The number of aryl methyl sites for hydroxylation is 2. The number of rotatable bonds is 8. The highest BCUT2D eigenvalue weighted by molar-refractivity contribution is 7.92. The van der Waals surface area contributed by atoms with Gasteiger partial charge in [-0.1, -0.05) is 24.3 Å². The van der Waals surface area contributed by atoms with E-state index >= 15 is 0 Å². The minimum atomic E-state index is -3.46. The summed E-state index contributed by atoms with van der Waals surface area (Å²) in [6, 6.07) is 12.9. The highest BCUT2D eigenvalue weighted by atomic mass is 32.2. The van der Waals surface area contributed by atoms with Gasteiger partial charge in [0.25, 0.3) is 5.91 Å². The van der Waals surface area contributed by atoms with Crippen molar-refractivity contribution >= 4 is 21.6 Å². The van der Waals surface area contributed by atoms with Crippen LogP contribution >= 0.6 is 0 Å². The number of ether oxygens (including phenoxy) is 1. The molecule has 0 aliphatic carbocycles. The van der Waals surface area contributed by atoms with Gasteiger partial charge in [-0.2, -0.15) is 0 Å². The second-order valence-electron chi connectivity index (χ2n) is 7.97. The number of anilines is 1. The highest BCUT2D eigenvalue weighted by Crippen LogP contribution is 2.26. The first-order valence-corrected chi connectivity index (χ1v) is 12.3. The van der Waals surface area contributed by atoms with Crippen LogP contribution in [0.4, 0.5) is 5.69 Å². The molecule has 1 aliphatic heterocycles. The topological polar surface area (TPSA) is 79.0 Å². The zero-order valence-corrected chi connectivity index (χ0v) is 19.2. The lowest BCUT2D eigenvalue weighted by Gasteiger charge is -2.26. The molecule has 1 saturated heterocycles. The molecule has 0 saturated carbocycles. The number of carbonyl (C=O) groups is 1. The standard InChI is InChI=1S/C23H31N3O4S/c1-18-4-5-19(2)22(16-18)26(31(3,28)29)17-20-6-8-21(9-7-20)23(27)24-10-11-25-12-14-30-15-13-25/h4-9,16H,10-15,17H2,1-3H3,(H,24,27). The normalized spacial score (nSPS) is 14.9. The largest absolute Gasteiger partial charge is 0.379 e. The van der Waals surface area contributed by atoms with Crippen LogP contribution in [-0.2, 0) is 21.3 Å². The molecule has 1 fully saturated rings. The second-order valence-corrected chi connectivity index (χ2v) is 9.87. The summed E-state index contributed by atoms with van der Waals surface area (Å²) in [7, 11) is -3.46. The predicted octanol–water partition coefficient (Wildman–Crippen LogP) is 2.33. The fourth-order valence-electron chi connectivity index (χ4n) is 3.55. The monoisotopic (exact) mass is 445 g/mol. The smallest absolute Gasteiger partial charge is 0.251 e. The first-order chi connectivity index (χ1) is 14.7. The van der Waals surface area contributed by atoms with Crippen LogP contribution in [0.15, 0.2) is 42.5 Å². The summed E-state index contributed by atoms with van der Waals surface area (Å²) in [5, 5.41) is 2.94. The van der Waals surface area contributed by atoms with E-state index in [0.717, 1.165) is 49.5 Å². The third kappa shape index (κ3) is 6.53. The average molecular weight is 446 g/mol. The van der Waals surface area contributed by atoms with Crippen molar-refractivity contribution in [1.29, 1.82) is 0 Å². The Bertz CT molecular complexity index is 1000. The molecular weight excluding hydrogens is 414 g/mol. The van der Waals surface area contributed by atoms with E-state index in [1.165, 1.54) is 10.6 Å². The Morgan fingerprint density at radius 1 is 1.10 bits per heavy atom. The number of hydrogen-bond acceptors (Lipinski definition) is 5. The Morgan fingerprint density at radius 2 is 1.77 bits per heavy atom. The van der Waals surface area contributed by atoms with Crippen LogP contribution in [0.25, 0.3) is 0 Å². The van der Waals surface area contributed by atoms with Crippen LogP contribution in [0.2, 0.25) is 0 Å². The van der Waals surface area contributed by atoms with Gasteiger partial charge in [0.05, 0.1) is 31.7 Å². The molecule has 0 spiro atoms. The van der Waals surface area contributed by atoms with Crippen LogP contribution in [0.3, 0.4) is 0 Å². The van der Waals surface area contributed by atoms with Gasteiger partial charge in [-0.25, -0.2) is 8.42 Å². The molecule has 168 valence electrons.